The molecule has 0 aliphatic carbocycles. The van der Waals surface area contributed by atoms with E-state index in [2.05, 4.69) is 21.2 Å². The van der Waals surface area contributed by atoms with Crippen LogP contribution in [0.4, 0.5) is 4.39 Å². The second-order valence-corrected chi connectivity index (χ2v) is 6.48. The number of amides is 1. The minimum Gasteiger partial charge on any atom is -0.338 e. The molecule has 0 atom stereocenters. The minimum absolute atomic E-state index is 0.167. The van der Waals surface area contributed by atoms with Crippen LogP contribution in [0, 0.1) is 11.7 Å². The third-order valence-corrected chi connectivity index (χ3v) is 4.37. The number of hydrogen-bond acceptors (Lipinski definition) is 2. The molecule has 1 saturated heterocycles. The topological polar surface area (TPSA) is 32.3 Å². The van der Waals surface area contributed by atoms with Crippen LogP contribution >= 0.6 is 15.9 Å². The molecular formula is C16H22BrFN2O. The first-order chi connectivity index (χ1) is 10.1. The zero-order valence-electron chi connectivity index (χ0n) is 12.4. The van der Waals surface area contributed by atoms with Gasteiger partial charge in [-0.15, -0.1) is 0 Å². The Morgan fingerprint density at radius 1 is 1.43 bits per heavy atom. The summed E-state index contributed by atoms with van der Waals surface area (Å²) in [6.45, 7) is 5.46. The van der Waals surface area contributed by atoms with E-state index in [-0.39, 0.29) is 11.5 Å². The highest BCUT2D eigenvalue weighted by atomic mass is 79.9. The first kappa shape index (κ1) is 16.4. The van der Waals surface area contributed by atoms with Gasteiger partial charge in [0.2, 0.25) is 0 Å². The number of piperidine rings is 1. The maximum Gasteiger partial charge on any atom is 0.256 e. The number of nitrogens with one attached hydrogen (secondary N) is 1. The van der Waals surface area contributed by atoms with Crippen molar-refractivity contribution in [1.29, 1.82) is 0 Å². The Labute approximate surface area is 134 Å². The molecule has 1 N–H and O–H groups in total. The smallest absolute Gasteiger partial charge is 0.256 e. The molecule has 2 rings (SSSR count). The third-order valence-electron chi connectivity index (χ3n) is 3.88. The van der Waals surface area contributed by atoms with Crippen LogP contribution in [0.25, 0.3) is 0 Å². The maximum atomic E-state index is 14.0. The van der Waals surface area contributed by atoms with Crippen LogP contribution in [0.1, 0.15) is 36.5 Å². The van der Waals surface area contributed by atoms with E-state index in [0.717, 1.165) is 38.9 Å². The van der Waals surface area contributed by atoms with Gasteiger partial charge in [0.15, 0.2) is 0 Å². The van der Waals surface area contributed by atoms with E-state index in [9.17, 15) is 9.18 Å². The second kappa shape index (κ2) is 7.90. The molecule has 1 fully saturated rings. The Hall–Kier alpha value is -0.940. The molecular weight excluding hydrogens is 335 g/mol. The Bertz CT molecular complexity index is 489. The first-order valence-electron chi connectivity index (χ1n) is 7.57. The van der Waals surface area contributed by atoms with E-state index in [1.807, 2.05) is 11.8 Å². The average Bonchev–Trinajstić information content (AvgIpc) is 2.47. The van der Waals surface area contributed by atoms with Crippen LogP contribution in [0.15, 0.2) is 22.7 Å². The fourth-order valence-electron chi connectivity index (χ4n) is 2.75. The normalized spacial score (nSPS) is 16.0. The van der Waals surface area contributed by atoms with Gasteiger partial charge in [-0.25, -0.2) is 4.39 Å². The lowest BCUT2D eigenvalue weighted by molar-refractivity contribution is 0.0711. The highest BCUT2D eigenvalue weighted by Gasteiger charge is 2.23. The maximum absolute atomic E-state index is 14.0. The average molecular weight is 357 g/mol. The Kier molecular flexibility index (Phi) is 6.18. The number of halogens is 2. The van der Waals surface area contributed by atoms with E-state index >= 15 is 0 Å². The summed E-state index contributed by atoms with van der Waals surface area (Å²) in [7, 11) is 0. The zero-order valence-corrected chi connectivity index (χ0v) is 14.0. The number of hydrogen-bond donors (Lipinski definition) is 1. The molecule has 0 spiro atoms. The van der Waals surface area contributed by atoms with Gasteiger partial charge in [0, 0.05) is 17.6 Å². The van der Waals surface area contributed by atoms with E-state index in [0.29, 0.717) is 16.9 Å². The van der Waals surface area contributed by atoms with Gasteiger partial charge < -0.3 is 10.2 Å². The van der Waals surface area contributed by atoms with Crippen LogP contribution in [0.2, 0.25) is 0 Å². The highest BCUT2D eigenvalue weighted by molar-refractivity contribution is 9.10. The molecule has 0 bridgehead atoms. The molecule has 1 aliphatic rings. The molecule has 0 unspecified atom stereocenters. The van der Waals surface area contributed by atoms with Gasteiger partial charge in [-0.05, 0) is 56.5 Å². The van der Waals surface area contributed by atoms with E-state index in [1.54, 1.807) is 12.1 Å². The van der Waals surface area contributed by atoms with Crippen LogP contribution in [0.5, 0.6) is 0 Å². The number of rotatable bonds is 5. The van der Waals surface area contributed by atoms with E-state index < -0.39 is 5.82 Å². The second-order valence-electron chi connectivity index (χ2n) is 5.57. The lowest BCUT2D eigenvalue weighted by atomic mass is 9.97. The largest absolute Gasteiger partial charge is 0.338 e. The van der Waals surface area contributed by atoms with Crippen molar-refractivity contribution in [3.8, 4) is 0 Å². The van der Waals surface area contributed by atoms with Gasteiger partial charge in [0.25, 0.3) is 5.91 Å². The van der Waals surface area contributed by atoms with Crippen LogP contribution < -0.4 is 5.32 Å². The Morgan fingerprint density at radius 3 is 2.76 bits per heavy atom. The molecule has 1 aromatic rings. The number of benzene rings is 1. The van der Waals surface area contributed by atoms with E-state index in [4.69, 9.17) is 0 Å². The van der Waals surface area contributed by atoms with Gasteiger partial charge in [-0.3, -0.25) is 4.79 Å². The van der Waals surface area contributed by atoms with Gasteiger partial charge >= 0.3 is 0 Å². The number of nitrogens with zero attached hydrogens (tertiary/aromatic N) is 1. The fourth-order valence-corrected chi connectivity index (χ4v) is 3.09. The lowest BCUT2D eigenvalue weighted by Gasteiger charge is -2.30. The van der Waals surface area contributed by atoms with Crippen molar-refractivity contribution >= 4 is 21.8 Å². The van der Waals surface area contributed by atoms with Gasteiger partial charge in [-0.1, -0.05) is 22.9 Å². The molecule has 1 aliphatic heterocycles. The Balaban J connectivity index is 2.10. The van der Waals surface area contributed by atoms with Crippen molar-refractivity contribution in [3.63, 3.8) is 0 Å². The van der Waals surface area contributed by atoms with Crippen molar-refractivity contribution in [2.75, 3.05) is 26.2 Å². The van der Waals surface area contributed by atoms with Crippen molar-refractivity contribution < 1.29 is 9.18 Å². The summed E-state index contributed by atoms with van der Waals surface area (Å²) in [5.74, 6) is -0.138. The number of carbonyl (C=O) groups excluding carboxylic acids is 1. The SMILES string of the molecule is CCCN(CC1CCNCC1)C(=O)c1ccc(Br)cc1F. The summed E-state index contributed by atoms with van der Waals surface area (Å²) in [5.41, 5.74) is 0.167. The molecule has 0 aromatic heterocycles. The van der Waals surface area contributed by atoms with Gasteiger partial charge in [0.1, 0.15) is 5.82 Å². The molecule has 0 radical (unpaired) electrons. The summed E-state index contributed by atoms with van der Waals surface area (Å²) in [5, 5.41) is 3.33. The zero-order chi connectivity index (χ0) is 15.2. The summed E-state index contributed by atoms with van der Waals surface area (Å²) < 4.78 is 14.6. The Morgan fingerprint density at radius 2 is 2.14 bits per heavy atom. The van der Waals surface area contributed by atoms with Crippen molar-refractivity contribution in [2.24, 2.45) is 5.92 Å². The van der Waals surface area contributed by atoms with Crippen LogP contribution in [-0.2, 0) is 0 Å². The monoisotopic (exact) mass is 356 g/mol. The summed E-state index contributed by atoms with van der Waals surface area (Å²) in [4.78, 5) is 14.4. The molecule has 5 heteroatoms. The molecule has 1 amide bonds. The van der Waals surface area contributed by atoms with E-state index in [1.165, 1.54) is 6.07 Å². The molecule has 1 aromatic carbocycles. The lowest BCUT2D eigenvalue weighted by Crippen LogP contribution is -2.40. The number of carbonyl (C=O) groups is 1. The molecule has 0 saturated carbocycles. The predicted octanol–water partition coefficient (Wildman–Crippen LogP) is 3.44. The van der Waals surface area contributed by atoms with Gasteiger partial charge in [-0.2, -0.15) is 0 Å². The van der Waals surface area contributed by atoms with Crippen molar-refractivity contribution in [3.05, 3.63) is 34.1 Å². The van der Waals surface area contributed by atoms with Crippen LogP contribution in [-0.4, -0.2) is 37.0 Å². The summed E-state index contributed by atoms with van der Waals surface area (Å²) in [6.07, 6.45) is 3.04. The first-order valence-corrected chi connectivity index (χ1v) is 8.36. The summed E-state index contributed by atoms with van der Waals surface area (Å²) in [6, 6.07) is 4.62. The van der Waals surface area contributed by atoms with Crippen molar-refractivity contribution in [2.45, 2.75) is 26.2 Å². The molecule has 3 nitrogen and oxygen atoms in total. The fraction of sp³-hybridized carbons (Fsp3) is 0.562. The van der Waals surface area contributed by atoms with Crippen molar-refractivity contribution in [1.82, 2.24) is 10.2 Å². The quantitative estimate of drug-likeness (QED) is 0.876. The van der Waals surface area contributed by atoms with Gasteiger partial charge in [0.05, 0.1) is 5.56 Å². The standard InChI is InChI=1S/C16H22BrFN2O/c1-2-9-20(11-12-5-7-19-8-6-12)16(21)14-4-3-13(17)10-15(14)18/h3-4,10,12,19H,2,5-9,11H2,1H3. The van der Waals surface area contributed by atoms with Crippen LogP contribution in [0.3, 0.4) is 0 Å². The predicted molar refractivity (Wildman–Crippen MR) is 85.9 cm³/mol. The third kappa shape index (κ3) is 4.51. The molecule has 1 heterocycles. The molecule has 21 heavy (non-hydrogen) atoms. The summed E-state index contributed by atoms with van der Waals surface area (Å²) >= 11 is 3.22. The minimum atomic E-state index is -0.458. The highest BCUT2D eigenvalue weighted by Crippen LogP contribution is 2.19. The molecule has 116 valence electrons.